The summed E-state index contributed by atoms with van der Waals surface area (Å²) in [6.07, 6.45) is 1.70. The van der Waals surface area contributed by atoms with Gasteiger partial charge in [-0.05, 0) is 31.5 Å². The molecule has 1 fully saturated rings. The van der Waals surface area contributed by atoms with Crippen molar-refractivity contribution in [2.24, 2.45) is 0 Å². The van der Waals surface area contributed by atoms with Crippen LogP contribution in [0.25, 0.3) is 0 Å². The molecule has 1 aliphatic heterocycles. The van der Waals surface area contributed by atoms with Gasteiger partial charge in [0.15, 0.2) is 11.6 Å². The van der Waals surface area contributed by atoms with Crippen LogP contribution in [0, 0.1) is 11.6 Å². The molecule has 0 saturated carbocycles. The molecule has 2 rings (SSSR count). The molecule has 1 atom stereocenters. The molecule has 82 valence electrons. The molecule has 4 heteroatoms. The molecule has 1 heterocycles. The largest absolute Gasteiger partial charge is 0.505 e. The summed E-state index contributed by atoms with van der Waals surface area (Å²) in [5.41, 5.74) is 0.113. The van der Waals surface area contributed by atoms with Gasteiger partial charge in [-0.25, -0.2) is 8.78 Å². The van der Waals surface area contributed by atoms with Crippen LogP contribution in [0.5, 0.6) is 5.75 Å². The number of benzene rings is 1. The lowest BCUT2D eigenvalue weighted by Gasteiger charge is -2.24. The standard InChI is InChI=1S/C11H13F2NO/c12-8-3-4-9(13)11(15)10(8)7-2-1-5-14-6-7/h3-4,7,14-15H,1-2,5-6H2. The van der Waals surface area contributed by atoms with E-state index in [4.69, 9.17) is 0 Å². The second kappa shape index (κ2) is 4.14. The predicted octanol–water partition coefficient (Wildman–Crippen LogP) is 2.14. The number of phenols is 1. The molecule has 0 amide bonds. The second-order valence-electron chi connectivity index (χ2n) is 3.83. The zero-order chi connectivity index (χ0) is 10.8. The predicted molar refractivity (Wildman–Crippen MR) is 52.9 cm³/mol. The average molecular weight is 213 g/mol. The highest BCUT2D eigenvalue weighted by atomic mass is 19.1. The number of hydrogen-bond acceptors (Lipinski definition) is 2. The molecule has 0 aliphatic carbocycles. The lowest BCUT2D eigenvalue weighted by Crippen LogP contribution is -2.29. The Morgan fingerprint density at radius 1 is 1.27 bits per heavy atom. The van der Waals surface area contributed by atoms with Crippen molar-refractivity contribution in [1.29, 1.82) is 0 Å². The summed E-state index contributed by atoms with van der Waals surface area (Å²) < 4.78 is 26.5. The zero-order valence-corrected chi connectivity index (χ0v) is 8.26. The Labute approximate surface area is 86.9 Å². The minimum atomic E-state index is -0.753. The van der Waals surface area contributed by atoms with Crippen LogP contribution in [0.3, 0.4) is 0 Å². The topological polar surface area (TPSA) is 32.3 Å². The van der Waals surface area contributed by atoms with E-state index in [-0.39, 0.29) is 11.5 Å². The fourth-order valence-electron chi connectivity index (χ4n) is 2.04. The molecule has 0 bridgehead atoms. The molecule has 2 nitrogen and oxygen atoms in total. The highest BCUT2D eigenvalue weighted by Gasteiger charge is 2.23. The van der Waals surface area contributed by atoms with Crippen molar-refractivity contribution >= 4 is 0 Å². The Morgan fingerprint density at radius 2 is 2.00 bits per heavy atom. The molecule has 1 unspecified atom stereocenters. The summed E-state index contributed by atoms with van der Waals surface area (Å²) >= 11 is 0. The quantitative estimate of drug-likeness (QED) is 0.749. The van der Waals surface area contributed by atoms with Crippen molar-refractivity contribution in [2.75, 3.05) is 13.1 Å². The van der Waals surface area contributed by atoms with E-state index in [0.29, 0.717) is 6.54 Å². The van der Waals surface area contributed by atoms with Crippen molar-refractivity contribution in [2.45, 2.75) is 18.8 Å². The molecule has 1 saturated heterocycles. The summed E-state index contributed by atoms with van der Waals surface area (Å²) in [6, 6.07) is 2.02. The maximum Gasteiger partial charge on any atom is 0.165 e. The molecular formula is C11H13F2NO. The van der Waals surface area contributed by atoms with Crippen LogP contribution in [0.2, 0.25) is 0 Å². The van der Waals surface area contributed by atoms with Gasteiger partial charge in [0, 0.05) is 18.0 Å². The van der Waals surface area contributed by atoms with E-state index < -0.39 is 17.4 Å². The summed E-state index contributed by atoms with van der Waals surface area (Å²) in [5, 5.41) is 12.6. The van der Waals surface area contributed by atoms with Crippen molar-refractivity contribution in [1.82, 2.24) is 5.32 Å². The molecule has 2 N–H and O–H groups in total. The van der Waals surface area contributed by atoms with E-state index >= 15 is 0 Å². The van der Waals surface area contributed by atoms with Gasteiger partial charge in [0.2, 0.25) is 0 Å². The zero-order valence-electron chi connectivity index (χ0n) is 8.26. The van der Waals surface area contributed by atoms with Crippen LogP contribution in [0.15, 0.2) is 12.1 Å². The first-order chi connectivity index (χ1) is 7.20. The van der Waals surface area contributed by atoms with Gasteiger partial charge in [0.1, 0.15) is 5.82 Å². The first kappa shape index (κ1) is 10.4. The number of halogens is 2. The van der Waals surface area contributed by atoms with Crippen molar-refractivity contribution in [3.05, 3.63) is 29.3 Å². The van der Waals surface area contributed by atoms with Gasteiger partial charge in [-0.3, -0.25) is 0 Å². The van der Waals surface area contributed by atoms with E-state index in [1.165, 1.54) is 0 Å². The van der Waals surface area contributed by atoms with Crippen molar-refractivity contribution in [3.8, 4) is 5.75 Å². The number of rotatable bonds is 1. The third-order valence-corrected chi connectivity index (χ3v) is 2.82. The van der Waals surface area contributed by atoms with Crippen LogP contribution < -0.4 is 5.32 Å². The van der Waals surface area contributed by atoms with Crippen LogP contribution in [-0.2, 0) is 0 Å². The Hall–Kier alpha value is -1.16. The molecule has 0 spiro atoms. The minimum absolute atomic E-state index is 0.113. The van der Waals surface area contributed by atoms with Gasteiger partial charge < -0.3 is 10.4 Å². The summed E-state index contributed by atoms with van der Waals surface area (Å²) in [7, 11) is 0. The summed E-state index contributed by atoms with van der Waals surface area (Å²) in [6.45, 7) is 1.49. The number of aromatic hydroxyl groups is 1. The molecular weight excluding hydrogens is 200 g/mol. The maximum absolute atomic E-state index is 13.5. The molecule has 0 aromatic heterocycles. The van der Waals surface area contributed by atoms with Crippen LogP contribution in [0.1, 0.15) is 24.3 Å². The SMILES string of the molecule is Oc1c(F)ccc(F)c1C1CCCNC1. The molecule has 1 aromatic carbocycles. The Morgan fingerprint density at radius 3 is 2.67 bits per heavy atom. The van der Waals surface area contributed by atoms with Gasteiger partial charge in [0.25, 0.3) is 0 Å². The van der Waals surface area contributed by atoms with Crippen LogP contribution in [0.4, 0.5) is 8.78 Å². The molecule has 0 radical (unpaired) electrons. The number of nitrogens with one attached hydrogen (secondary N) is 1. The monoisotopic (exact) mass is 213 g/mol. The van der Waals surface area contributed by atoms with Gasteiger partial charge in [-0.2, -0.15) is 0 Å². The van der Waals surface area contributed by atoms with E-state index in [1.54, 1.807) is 0 Å². The maximum atomic E-state index is 13.5. The number of hydrogen-bond donors (Lipinski definition) is 2. The fourth-order valence-corrected chi connectivity index (χ4v) is 2.04. The average Bonchev–Trinajstić information content (AvgIpc) is 2.26. The summed E-state index contributed by atoms with van der Waals surface area (Å²) in [5.74, 6) is -1.95. The highest BCUT2D eigenvalue weighted by molar-refractivity contribution is 5.38. The van der Waals surface area contributed by atoms with Gasteiger partial charge in [0.05, 0.1) is 0 Å². The fraction of sp³-hybridized carbons (Fsp3) is 0.455. The molecule has 1 aromatic rings. The lowest BCUT2D eigenvalue weighted by molar-refractivity contribution is 0.388. The lowest BCUT2D eigenvalue weighted by atomic mass is 9.90. The van der Waals surface area contributed by atoms with E-state index in [2.05, 4.69) is 5.32 Å². The first-order valence-corrected chi connectivity index (χ1v) is 5.07. The van der Waals surface area contributed by atoms with Crippen LogP contribution in [-0.4, -0.2) is 18.2 Å². The van der Waals surface area contributed by atoms with Gasteiger partial charge in [-0.1, -0.05) is 0 Å². The summed E-state index contributed by atoms with van der Waals surface area (Å²) in [4.78, 5) is 0. The molecule has 1 aliphatic rings. The Kier molecular flexibility index (Phi) is 2.86. The van der Waals surface area contributed by atoms with Crippen LogP contribution >= 0.6 is 0 Å². The van der Waals surface area contributed by atoms with Gasteiger partial charge >= 0.3 is 0 Å². The molecule has 15 heavy (non-hydrogen) atoms. The van der Waals surface area contributed by atoms with Crippen molar-refractivity contribution in [3.63, 3.8) is 0 Å². The van der Waals surface area contributed by atoms with E-state index in [1.807, 2.05) is 0 Å². The number of piperidine rings is 1. The van der Waals surface area contributed by atoms with E-state index in [9.17, 15) is 13.9 Å². The van der Waals surface area contributed by atoms with E-state index in [0.717, 1.165) is 31.5 Å². The van der Waals surface area contributed by atoms with Gasteiger partial charge in [-0.15, -0.1) is 0 Å². The third-order valence-electron chi connectivity index (χ3n) is 2.82. The van der Waals surface area contributed by atoms with Crippen molar-refractivity contribution < 1.29 is 13.9 Å². The second-order valence-corrected chi connectivity index (χ2v) is 3.83. The Bertz CT molecular complexity index is 362. The Balaban J connectivity index is 2.36. The normalized spacial score (nSPS) is 21.6. The highest BCUT2D eigenvalue weighted by Crippen LogP contribution is 2.34. The number of phenolic OH excluding ortho intramolecular Hbond substituents is 1. The third kappa shape index (κ3) is 1.95. The smallest absolute Gasteiger partial charge is 0.165 e. The minimum Gasteiger partial charge on any atom is -0.505 e. The first-order valence-electron chi connectivity index (χ1n) is 5.07.